The van der Waals surface area contributed by atoms with Crippen molar-refractivity contribution in [3.8, 4) is 0 Å². The molecule has 2 saturated heterocycles. The summed E-state index contributed by atoms with van der Waals surface area (Å²) in [5, 5.41) is 4.81. The van der Waals surface area contributed by atoms with Crippen LogP contribution in [0.4, 0.5) is 14.5 Å². The van der Waals surface area contributed by atoms with Crippen molar-refractivity contribution in [2.75, 3.05) is 17.1 Å². The Labute approximate surface area is 237 Å². The number of anilines is 1. The summed E-state index contributed by atoms with van der Waals surface area (Å²) < 4.78 is 76.3. The number of carbonyl (C=O) groups excluding carboxylic acids is 1. The van der Waals surface area contributed by atoms with Crippen molar-refractivity contribution in [1.29, 1.82) is 0 Å². The first-order valence-electron chi connectivity index (χ1n) is 13.6. The van der Waals surface area contributed by atoms with Crippen molar-refractivity contribution >= 4 is 45.1 Å². The second-order valence-electron chi connectivity index (χ2n) is 11.4. The molecule has 2 aliphatic heterocycles. The predicted molar refractivity (Wildman–Crippen MR) is 150 cm³/mol. The van der Waals surface area contributed by atoms with E-state index in [0.29, 0.717) is 29.5 Å². The van der Waals surface area contributed by atoms with Crippen LogP contribution < -0.4 is 10.2 Å². The Bertz CT molecular complexity index is 1590. The Morgan fingerprint density at radius 2 is 1.88 bits per heavy atom. The first-order chi connectivity index (χ1) is 19.2. The summed E-state index contributed by atoms with van der Waals surface area (Å²) in [6.07, 6.45) is 3.74. The molecule has 1 atom stereocenters. The summed E-state index contributed by atoms with van der Waals surface area (Å²) in [7, 11) is -4.81. The Hall–Kier alpha value is -2.94. The third-order valence-electron chi connectivity index (χ3n) is 7.80. The molecule has 4 heterocycles. The normalized spacial score (nSPS) is 20.5. The molecule has 0 spiro atoms. The molecule has 3 aromatic rings. The Balaban J connectivity index is 1.61. The summed E-state index contributed by atoms with van der Waals surface area (Å²) in [5.41, 5.74) is -1.98. The van der Waals surface area contributed by atoms with Crippen LogP contribution in [0.5, 0.6) is 0 Å². The van der Waals surface area contributed by atoms with Crippen LogP contribution in [0.3, 0.4) is 0 Å². The molecule has 0 amide bonds. The number of ketones is 1. The van der Waals surface area contributed by atoms with Crippen LogP contribution in [0.2, 0.25) is 0 Å². The monoisotopic (exact) mass is 590 g/mol. The van der Waals surface area contributed by atoms with Gasteiger partial charge in [-0.2, -0.15) is 5.10 Å². The molecule has 2 aliphatic rings. The van der Waals surface area contributed by atoms with E-state index >= 15 is 4.39 Å². The number of carbonyl (C=O) groups is 1. The van der Waals surface area contributed by atoms with Crippen molar-refractivity contribution in [2.45, 2.75) is 77.7 Å². The largest absolute Gasteiger partial charge is 0.496 e. The highest BCUT2D eigenvalue weighted by molar-refractivity contribution is 7.92. The van der Waals surface area contributed by atoms with E-state index in [9.17, 15) is 17.6 Å². The molecule has 10 nitrogen and oxygen atoms in total. The Morgan fingerprint density at radius 3 is 2.51 bits per heavy atom. The quantitative estimate of drug-likeness (QED) is 0.308. The first-order valence-corrected chi connectivity index (χ1v) is 15.3. The number of pyridine rings is 1. The van der Waals surface area contributed by atoms with E-state index in [0.717, 1.165) is 25.0 Å². The molecular formula is C27H33BF2N4O6S. The summed E-state index contributed by atoms with van der Waals surface area (Å²) in [5.74, 6) is -3.69. The third kappa shape index (κ3) is 5.50. The van der Waals surface area contributed by atoms with E-state index in [1.165, 1.54) is 4.68 Å². The van der Waals surface area contributed by atoms with Gasteiger partial charge in [0.25, 0.3) is 0 Å². The van der Waals surface area contributed by atoms with Crippen molar-refractivity contribution in [2.24, 2.45) is 0 Å². The van der Waals surface area contributed by atoms with E-state index in [1.54, 1.807) is 19.2 Å². The first kappa shape index (κ1) is 29.6. The number of hydrogen-bond acceptors (Lipinski definition) is 8. The van der Waals surface area contributed by atoms with Crippen LogP contribution in [0, 0.1) is 11.6 Å². The lowest BCUT2D eigenvalue weighted by Crippen LogP contribution is -2.41. The zero-order valence-electron chi connectivity index (χ0n) is 23.7. The fourth-order valence-corrected chi connectivity index (χ4v) is 5.99. The lowest BCUT2D eigenvalue weighted by atomic mass is 9.80. The molecule has 0 radical (unpaired) electrons. The number of nitrogens with one attached hydrogen (secondary N) is 1. The van der Waals surface area contributed by atoms with Gasteiger partial charge in [-0.15, -0.1) is 0 Å². The van der Waals surface area contributed by atoms with Gasteiger partial charge < -0.3 is 14.0 Å². The van der Waals surface area contributed by atoms with Crippen LogP contribution in [0.1, 0.15) is 82.6 Å². The molecule has 0 saturated carbocycles. The van der Waals surface area contributed by atoms with Gasteiger partial charge in [0.2, 0.25) is 15.8 Å². The topological polar surface area (TPSA) is 122 Å². The van der Waals surface area contributed by atoms with Crippen LogP contribution in [-0.4, -0.2) is 59.6 Å². The van der Waals surface area contributed by atoms with E-state index in [4.69, 9.17) is 14.0 Å². The average molecular weight is 590 g/mol. The van der Waals surface area contributed by atoms with E-state index in [1.807, 2.05) is 32.4 Å². The van der Waals surface area contributed by atoms with Crippen LogP contribution in [0.15, 0.2) is 24.4 Å². The second-order valence-corrected chi connectivity index (χ2v) is 13.2. The minimum atomic E-state index is -4.03. The number of fused-ring (bicyclic) bond motifs is 1. The molecule has 14 heteroatoms. The third-order valence-corrected chi connectivity index (χ3v) is 9.26. The van der Waals surface area contributed by atoms with Crippen molar-refractivity contribution in [3.63, 3.8) is 0 Å². The van der Waals surface area contributed by atoms with E-state index < -0.39 is 63.2 Å². The molecular weight excluding hydrogens is 557 g/mol. The fraction of sp³-hybridized carbons (Fsp3) is 0.519. The van der Waals surface area contributed by atoms with Crippen molar-refractivity contribution in [1.82, 2.24) is 14.8 Å². The van der Waals surface area contributed by atoms with Gasteiger partial charge in [0.05, 0.1) is 27.9 Å². The highest BCUT2D eigenvalue weighted by Gasteiger charge is 2.52. The molecule has 1 unspecified atom stereocenters. The van der Waals surface area contributed by atoms with Gasteiger partial charge in [0.1, 0.15) is 17.2 Å². The lowest BCUT2D eigenvalue weighted by molar-refractivity contribution is -0.0371. The lowest BCUT2D eigenvalue weighted by Gasteiger charge is -2.32. The van der Waals surface area contributed by atoms with Crippen LogP contribution in [-0.2, 0) is 24.1 Å². The number of ether oxygens (including phenoxy) is 1. The zero-order chi connectivity index (χ0) is 29.7. The second kappa shape index (κ2) is 10.7. The number of aromatic nitrogens is 3. The number of hydrogen-bond donors (Lipinski definition) is 1. The van der Waals surface area contributed by atoms with E-state index in [2.05, 4.69) is 10.1 Å². The minimum absolute atomic E-state index is 0.145. The SMILES string of the molecule is CCCS(=O)(=O)Nc1c(F)ccc(C(=O)c2nn(C3CCCCO3)c3ncc(B4OC(C)(C)C(C)(C)O4)cc23)c1F. The van der Waals surface area contributed by atoms with Gasteiger partial charge in [-0.25, -0.2) is 26.9 Å². The van der Waals surface area contributed by atoms with Crippen molar-refractivity contribution in [3.05, 3.63) is 47.3 Å². The highest BCUT2D eigenvalue weighted by atomic mass is 32.2. The summed E-state index contributed by atoms with van der Waals surface area (Å²) in [6, 6.07) is 3.48. The van der Waals surface area contributed by atoms with Gasteiger partial charge in [0.15, 0.2) is 17.7 Å². The highest BCUT2D eigenvalue weighted by Crippen LogP contribution is 2.37. The van der Waals surface area contributed by atoms with Gasteiger partial charge >= 0.3 is 7.12 Å². The minimum Gasteiger partial charge on any atom is -0.399 e. The van der Waals surface area contributed by atoms with Gasteiger partial charge in [-0.1, -0.05) is 6.92 Å². The van der Waals surface area contributed by atoms with Gasteiger partial charge in [-0.3, -0.25) is 9.52 Å². The van der Waals surface area contributed by atoms with Crippen LogP contribution >= 0.6 is 0 Å². The maximum absolute atomic E-state index is 15.6. The molecule has 5 rings (SSSR count). The molecule has 220 valence electrons. The zero-order valence-corrected chi connectivity index (χ0v) is 24.5. The average Bonchev–Trinajstić information content (AvgIpc) is 3.39. The number of rotatable bonds is 8. The number of halogens is 2. The standard InChI is InChI=1S/C27H33BF2N4O6S/c1-6-13-41(36,37)33-23-19(29)11-10-17(21(23)30)24(35)22-18-14-16(28-39-26(2,3)27(4,5)40-28)15-31-25(18)34(32-22)20-9-7-8-12-38-20/h10-11,14-15,20,33H,6-9,12-13H2,1-5H3. The maximum atomic E-state index is 15.6. The molecule has 0 bridgehead atoms. The Kier molecular flexibility index (Phi) is 7.73. The molecule has 2 fully saturated rings. The molecule has 0 aliphatic carbocycles. The fourth-order valence-electron chi connectivity index (χ4n) is 4.86. The number of sulfonamides is 1. The predicted octanol–water partition coefficient (Wildman–Crippen LogP) is 4.09. The van der Waals surface area contributed by atoms with E-state index in [-0.39, 0.29) is 17.9 Å². The molecule has 2 aromatic heterocycles. The van der Waals surface area contributed by atoms with Crippen LogP contribution in [0.25, 0.3) is 11.0 Å². The van der Waals surface area contributed by atoms with Crippen molar-refractivity contribution < 1.29 is 36.0 Å². The summed E-state index contributed by atoms with van der Waals surface area (Å²) in [6.45, 7) is 9.78. The smallest absolute Gasteiger partial charge is 0.399 e. The number of benzene rings is 1. The Morgan fingerprint density at radius 1 is 1.17 bits per heavy atom. The summed E-state index contributed by atoms with van der Waals surface area (Å²) >= 11 is 0. The maximum Gasteiger partial charge on any atom is 0.496 e. The molecule has 41 heavy (non-hydrogen) atoms. The molecule has 1 N–H and O–H groups in total. The summed E-state index contributed by atoms with van der Waals surface area (Å²) in [4.78, 5) is 18.4. The van der Waals surface area contributed by atoms with Gasteiger partial charge in [0, 0.05) is 18.3 Å². The van der Waals surface area contributed by atoms with Gasteiger partial charge in [-0.05, 0) is 71.6 Å². The number of nitrogens with zero attached hydrogens (tertiary/aromatic N) is 3. The molecule has 1 aromatic carbocycles.